The molecule has 1 N–H and O–H groups in total. The summed E-state index contributed by atoms with van der Waals surface area (Å²) in [7, 11) is -1.85. The summed E-state index contributed by atoms with van der Waals surface area (Å²) in [4.78, 5) is 12.1. The zero-order valence-corrected chi connectivity index (χ0v) is 18.1. The second kappa shape index (κ2) is 8.85. The highest BCUT2D eigenvalue weighted by Gasteiger charge is 2.38. The molecule has 0 fully saturated rings. The third-order valence-electron chi connectivity index (χ3n) is 4.81. The first-order valence-corrected chi connectivity index (χ1v) is 12.1. The molecule has 0 aliphatic carbocycles. The van der Waals surface area contributed by atoms with Crippen LogP contribution in [0.2, 0.25) is 18.1 Å². The van der Waals surface area contributed by atoms with Gasteiger partial charge in [-0.25, -0.2) is 0 Å². The molecule has 25 heavy (non-hydrogen) atoms. The van der Waals surface area contributed by atoms with Crippen LogP contribution in [-0.2, 0) is 16.1 Å². The maximum absolute atomic E-state index is 12.1. The summed E-state index contributed by atoms with van der Waals surface area (Å²) in [6, 6.07) is 7.83. The Morgan fingerprint density at radius 1 is 1.24 bits per heavy atom. The quantitative estimate of drug-likeness (QED) is 0.533. The number of hydrogen-bond acceptors (Lipinski definition) is 4. The lowest BCUT2D eigenvalue weighted by Crippen LogP contribution is -2.44. The molecule has 0 bridgehead atoms. The summed E-state index contributed by atoms with van der Waals surface area (Å²) in [5.74, 6) is 0.889. The fourth-order valence-corrected chi connectivity index (χ4v) is 3.24. The van der Waals surface area contributed by atoms with Crippen LogP contribution in [0.3, 0.4) is 0 Å². The van der Waals surface area contributed by atoms with Crippen LogP contribution in [0.5, 0.6) is 5.75 Å². The lowest BCUT2D eigenvalue weighted by Gasteiger charge is -2.36. The molecular weight excluding hydrogens is 330 g/mol. The molecule has 5 heteroatoms. The lowest BCUT2D eigenvalue weighted by atomic mass is 10.0. The zero-order chi connectivity index (χ0) is 19.3. The number of carbonyl (C=O) groups excluding carboxylic acids is 1. The van der Waals surface area contributed by atoms with Gasteiger partial charge in [-0.1, -0.05) is 46.8 Å². The summed E-state index contributed by atoms with van der Waals surface area (Å²) < 4.78 is 11.5. The molecule has 0 heterocycles. The first-order valence-electron chi connectivity index (χ1n) is 9.16. The van der Waals surface area contributed by atoms with Gasteiger partial charge in [0.2, 0.25) is 8.32 Å². The van der Waals surface area contributed by atoms with E-state index in [0.717, 1.165) is 11.3 Å². The molecule has 4 nitrogen and oxygen atoms in total. The van der Waals surface area contributed by atoms with Gasteiger partial charge in [0.25, 0.3) is 0 Å². The fourth-order valence-electron chi connectivity index (χ4n) is 2.22. The minimum Gasteiger partial charge on any atom is -0.543 e. The van der Waals surface area contributed by atoms with Crippen molar-refractivity contribution < 1.29 is 14.0 Å². The number of ether oxygens (including phenoxy) is 1. The highest BCUT2D eigenvalue weighted by Crippen LogP contribution is 2.37. The van der Waals surface area contributed by atoms with Gasteiger partial charge in [-0.15, -0.1) is 0 Å². The highest BCUT2D eigenvalue weighted by molar-refractivity contribution is 6.74. The summed E-state index contributed by atoms with van der Waals surface area (Å²) >= 11 is 0. The first kappa shape index (κ1) is 21.7. The van der Waals surface area contributed by atoms with Crippen molar-refractivity contribution in [2.45, 2.75) is 72.3 Å². The highest BCUT2D eigenvalue weighted by atomic mass is 28.4. The molecule has 0 spiro atoms. The van der Waals surface area contributed by atoms with Crippen LogP contribution >= 0.6 is 0 Å². The van der Waals surface area contributed by atoms with E-state index in [0.29, 0.717) is 13.2 Å². The number of hydrogen-bond donors (Lipinski definition) is 1. The predicted molar refractivity (Wildman–Crippen MR) is 106 cm³/mol. The van der Waals surface area contributed by atoms with Gasteiger partial charge in [0.1, 0.15) is 11.8 Å². The summed E-state index contributed by atoms with van der Waals surface area (Å²) in [6.45, 7) is 18.1. The van der Waals surface area contributed by atoms with E-state index in [1.807, 2.05) is 39.0 Å². The zero-order valence-electron chi connectivity index (χ0n) is 17.1. The van der Waals surface area contributed by atoms with Crippen LogP contribution in [0.4, 0.5) is 0 Å². The Morgan fingerprint density at radius 3 is 2.40 bits per heavy atom. The van der Waals surface area contributed by atoms with Crippen molar-refractivity contribution in [2.24, 2.45) is 5.92 Å². The van der Waals surface area contributed by atoms with E-state index in [1.165, 1.54) is 0 Å². The molecule has 0 saturated carbocycles. The van der Waals surface area contributed by atoms with Gasteiger partial charge in [0, 0.05) is 6.54 Å². The number of esters is 1. The van der Waals surface area contributed by atoms with Crippen LogP contribution in [0, 0.1) is 5.92 Å². The van der Waals surface area contributed by atoms with Crippen LogP contribution in [0.1, 0.15) is 47.1 Å². The molecule has 0 aliphatic rings. The van der Waals surface area contributed by atoms with Crippen LogP contribution in [0.25, 0.3) is 0 Å². The third kappa shape index (κ3) is 6.48. The Balaban J connectivity index is 2.80. The second-order valence-electron chi connectivity index (χ2n) is 8.36. The van der Waals surface area contributed by atoms with Gasteiger partial charge < -0.3 is 14.5 Å². The Morgan fingerprint density at radius 2 is 1.88 bits per heavy atom. The SMILES string of the molecule is CCOC(=O)C(NCc1cccc(O[Si](C)(C)C(C)(C)C)c1)C(C)C. The normalized spacial score (nSPS) is 13.6. The first-order chi connectivity index (χ1) is 11.5. The van der Waals surface area contributed by atoms with Crippen LogP contribution in [0.15, 0.2) is 24.3 Å². The molecule has 1 unspecified atom stereocenters. The van der Waals surface area contributed by atoms with Gasteiger partial charge in [-0.3, -0.25) is 4.79 Å². The molecule has 0 aliphatic heterocycles. The minimum absolute atomic E-state index is 0.161. The molecule has 142 valence electrons. The van der Waals surface area contributed by atoms with Crippen molar-refractivity contribution in [2.75, 3.05) is 6.61 Å². The topological polar surface area (TPSA) is 47.6 Å². The smallest absolute Gasteiger partial charge is 0.323 e. The van der Waals surface area contributed by atoms with Crippen molar-refractivity contribution in [3.8, 4) is 5.75 Å². The number of rotatable bonds is 8. The molecule has 0 radical (unpaired) electrons. The van der Waals surface area contributed by atoms with Crippen molar-refractivity contribution in [3.05, 3.63) is 29.8 Å². The molecule has 1 aromatic rings. The van der Waals surface area contributed by atoms with E-state index < -0.39 is 8.32 Å². The van der Waals surface area contributed by atoms with Gasteiger partial charge >= 0.3 is 5.97 Å². The molecule has 0 amide bonds. The second-order valence-corrected chi connectivity index (χ2v) is 13.1. The average molecular weight is 366 g/mol. The lowest BCUT2D eigenvalue weighted by molar-refractivity contribution is -0.146. The predicted octanol–water partition coefficient (Wildman–Crippen LogP) is 4.75. The summed E-state index contributed by atoms with van der Waals surface area (Å²) in [5.41, 5.74) is 1.10. The van der Waals surface area contributed by atoms with Gasteiger partial charge in [-0.2, -0.15) is 0 Å². The van der Waals surface area contributed by atoms with E-state index in [4.69, 9.17) is 9.16 Å². The van der Waals surface area contributed by atoms with Crippen molar-refractivity contribution in [1.29, 1.82) is 0 Å². The van der Waals surface area contributed by atoms with E-state index in [9.17, 15) is 4.79 Å². The molecule has 1 rings (SSSR count). The Hall–Kier alpha value is -1.33. The summed E-state index contributed by atoms with van der Waals surface area (Å²) in [5, 5.41) is 3.48. The van der Waals surface area contributed by atoms with E-state index in [1.54, 1.807) is 0 Å². The summed E-state index contributed by atoms with van der Waals surface area (Å²) in [6.07, 6.45) is 0. The van der Waals surface area contributed by atoms with E-state index >= 15 is 0 Å². The van der Waals surface area contributed by atoms with Gasteiger partial charge in [0.05, 0.1) is 6.61 Å². The standard InChI is InChI=1S/C20H35NO3Si/c1-9-23-19(22)18(15(2)3)21-14-16-11-10-12-17(13-16)24-25(7,8)20(4,5)6/h10-13,15,18,21H,9,14H2,1-8H3. The van der Waals surface area contributed by atoms with Crippen LogP contribution in [-0.4, -0.2) is 26.9 Å². The average Bonchev–Trinajstić information content (AvgIpc) is 2.46. The van der Waals surface area contributed by atoms with Crippen molar-refractivity contribution in [3.63, 3.8) is 0 Å². The number of nitrogens with one attached hydrogen (secondary N) is 1. The molecule has 1 aromatic carbocycles. The molecule has 1 atom stereocenters. The van der Waals surface area contributed by atoms with E-state index in [-0.39, 0.29) is 23.0 Å². The molecule has 0 aromatic heterocycles. The molecule has 0 saturated heterocycles. The fraction of sp³-hybridized carbons (Fsp3) is 0.650. The largest absolute Gasteiger partial charge is 0.543 e. The third-order valence-corrected chi connectivity index (χ3v) is 9.17. The molecular formula is C20H35NO3Si. The Kier molecular flexibility index (Phi) is 7.69. The van der Waals surface area contributed by atoms with Crippen molar-refractivity contribution >= 4 is 14.3 Å². The maximum Gasteiger partial charge on any atom is 0.323 e. The van der Waals surface area contributed by atoms with Gasteiger partial charge in [-0.05, 0) is 48.7 Å². The van der Waals surface area contributed by atoms with Gasteiger partial charge in [0.15, 0.2) is 0 Å². The van der Waals surface area contributed by atoms with Crippen LogP contribution < -0.4 is 9.74 Å². The monoisotopic (exact) mass is 365 g/mol. The number of benzene rings is 1. The van der Waals surface area contributed by atoms with Crippen molar-refractivity contribution in [1.82, 2.24) is 5.32 Å². The Bertz CT molecular complexity index is 564. The van der Waals surface area contributed by atoms with E-state index in [2.05, 4.69) is 45.2 Å². The Labute approximate surface area is 154 Å². The number of carbonyl (C=O) groups is 1. The maximum atomic E-state index is 12.1. The minimum atomic E-state index is -1.85.